The summed E-state index contributed by atoms with van der Waals surface area (Å²) in [5, 5.41) is 8.03. The van der Waals surface area contributed by atoms with Crippen molar-refractivity contribution in [2.45, 2.75) is 25.8 Å². The average molecular weight is 260 g/mol. The molecule has 102 valence electrons. The van der Waals surface area contributed by atoms with Crippen molar-refractivity contribution in [1.29, 1.82) is 0 Å². The van der Waals surface area contributed by atoms with Crippen LogP contribution < -0.4 is 5.32 Å². The van der Waals surface area contributed by atoms with Gasteiger partial charge in [0.15, 0.2) is 0 Å². The second-order valence-corrected chi connectivity index (χ2v) is 4.99. The maximum atomic E-state index is 5.47. The Kier molecular flexibility index (Phi) is 3.75. The summed E-state index contributed by atoms with van der Waals surface area (Å²) in [5.41, 5.74) is 2.35. The topological polar surface area (TPSA) is 51.5 Å². The highest BCUT2D eigenvalue weighted by Gasteiger charge is 2.27. The Balaban J connectivity index is 1.94. The van der Waals surface area contributed by atoms with Gasteiger partial charge < -0.3 is 10.1 Å². The van der Waals surface area contributed by atoms with Crippen LogP contribution in [0.1, 0.15) is 31.4 Å². The summed E-state index contributed by atoms with van der Waals surface area (Å²) < 4.78 is 7.37. The van der Waals surface area contributed by atoms with Crippen molar-refractivity contribution >= 4 is 5.52 Å². The predicted molar refractivity (Wildman–Crippen MR) is 72.9 cm³/mol. The summed E-state index contributed by atoms with van der Waals surface area (Å²) in [5.74, 6) is 0.613. The Morgan fingerprint density at radius 2 is 2.26 bits per heavy atom. The van der Waals surface area contributed by atoms with E-state index in [1.165, 1.54) is 5.56 Å². The van der Waals surface area contributed by atoms with Crippen molar-refractivity contribution in [2.24, 2.45) is 5.92 Å². The van der Waals surface area contributed by atoms with Crippen LogP contribution in [0.3, 0.4) is 0 Å². The molecule has 0 spiro atoms. The van der Waals surface area contributed by atoms with Gasteiger partial charge >= 0.3 is 0 Å². The molecular formula is C14H20N4O. The first-order valence-electron chi connectivity index (χ1n) is 6.98. The van der Waals surface area contributed by atoms with E-state index in [2.05, 4.69) is 22.3 Å². The van der Waals surface area contributed by atoms with E-state index < -0.39 is 0 Å². The average Bonchev–Trinajstić information content (AvgIpc) is 2.89. The highest BCUT2D eigenvalue weighted by molar-refractivity contribution is 5.53. The molecule has 1 atom stereocenters. The predicted octanol–water partition coefficient (Wildman–Crippen LogP) is 1.81. The van der Waals surface area contributed by atoms with Gasteiger partial charge in [0.2, 0.25) is 0 Å². The van der Waals surface area contributed by atoms with E-state index in [0.717, 1.165) is 38.1 Å². The fourth-order valence-corrected chi connectivity index (χ4v) is 2.89. The van der Waals surface area contributed by atoms with Crippen molar-refractivity contribution in [3.63, 3.8) is 0 Å². The van der Waals surface area contributed by atoms with Crippen LogP contribution in [0.5, 0.6) is 0 Å². The summed E-state index contributed by atoms with van der Waals surface area (Å²) in [6, 6.07) is 0.343. The Labute approximate surface area is 113 Å². The molecule has 0 bridgehead atoms. The minimum Gasteiger partial charge on any atom is -0.381 e. The fourth-order valence-electron chi connectivity index (χ4n) is 2.89. The van der Waals surface area contributed by atoms with Gasteiger partial charge in [0.05, 0.1) is 17.9 Å². The molecule has 0 radical (unpaired) electrons. The first kappa shape index (κ1) is 12.6. The molecule has 1 saturated heterocycles. The van der Waals surface area contributed by atoms with Crippen LogP contribution in [-0.2, 0) is 4.74 Å². The van der Waals surface area contributed by atoms with Crippen molar-refractivity contribution in [1.82, 2.24) is 19.9 Å². The van der Waals surface area contributed by atoms with Crippen molar-refractivity contribution < 1.29 is 4.74 Å². The van der Waals surface area contributed by atoms with E-state index in [4.69, 9.17) is 4.74 Å². The largest absolute Gasteiger partial charge is 0.381 e. The smallest absolute Gasteiger partial charge is 0.0892 e. The Hall–Kier alpha value is -1.46. The lowest BCUT2D eigenvalue weighted by atomic mass is 9.87. The second kappa shape index (κ2) is 5.67. The lowest BCUT2D eigenvalue weighted by Crippen LogP contribution is -2.32. The van der Waals surface area contributed by atoms with Gasteiger partial charge in [-0.3, -0.25) is 4.98 Å². The molecule has 1 unspecified atom stereocenters. The van der Waals surface area contributed by atoms with Crippen LogP contribution in [0.4, 0.5) is 0 Å². The molecule has 3 rings (SSSR count). The van der Waals surface area contributed by atoms with E-state index in [0.29, 0.717) is 12.0 Å². The van der Waals surface area contributed by atoms with Gasteiger partial charge in [-0.1, -0.05) is 6.92 Å². The zero-order chi connectivity index (χ0) is 13.1. The molecule has 3 heterocycles. The van der Waals surface area contributed by atoms with Crippen LogP contribution in [-0.4, -0.2) is 34.4 Å². The normalized spacial score (nSPS) is 18.8. The fraction of sp³-hybridized carbons (Fsp3) is 0.571. The third-order valence-corrected chi connectivity index (χ3v) is 3.85. The first-order valence-corrected chi connectivity index (χ1v) is 6.98. The second-order valence-electron chi connectivity index (χ2n) is 4.99. The first-order chi connectivity index (χ1) is 9.40. The van der Waals surface area contributed by atoms with Gasteiger partial charge in [0, 0.05) is 37.2 Å². The van der Waals surface area contributed by atoms with Gasteiger partial charge in [-0.25, -0.2) is 4.52 Å². The molecule has 2 aromatic heterocycles. The number of hydrogen-bond donors (Lipinski definition) is 1. The highest BCUT2D eigenvalue weighted by atomic mass is 16.5. The summed E-state index contributed by atoms with van der Waals surface area (Å²) in [4.78, 5) is 4.22. The Morgan fingerprint density at radius 1 is 1.42 bits per heavy atom. The minimum absolute atomic E-state index is 0.343. The van der Waals surface area contributed by atoms with Crippen molar-refractivity contribution in [3.05, 3.63) is 30.4 Å². The zero-order valence-electron chi connectivity index (χ0n) is 11.2. The molecular weight excluding hydrogens is 240 g/mol. The molecule has 0 aromatic carbocycles. The molecule has 2 aromatic rings. The lowest BCUT2D eigenvalue weighted by Gasteiger charge is -2.30. The van der Waals surface area contributed by atoms with E-state index >= 15 is 0 Å². The van der Waals surface area contributed by atoms with Crippen LogP contribution in [0.25, 0.3) is 5.52 Å². The number of nitrogens with zero attached hydrogens (tertiary/aromatic N) is 3. The van der Waals surface area contributed by atoms with Crippen LogP contribution in [0, 0.1) is 5.92 Å². The minimum atomic E-state index is 0.343. The zero-order valence-corrected chi connectivity index (χ0v) is 11.2. The van der Waals surface area contributed by atoms with E-state index in [9.17, 15) is 0 Å². The maximum absolute atomic E-state index is 5.47. The number of fused-ring (bicyclic) bond motifs is 1. The number of aromatic nitrogens is 3. The van der Waals surface area contributed by atoms with E-state index in [1.807, 2.05) is 23.1 Å². The molecule has 1 aliphatic rings. The Bertz CT molecular complexity index is 533. The molecule has 1 fully saturated rings. The monoisotopic (exact) mass is 260 g/mol. The van der Waals surface area contributed by atoms with Crippen LogP contribution in [0.2, 0.25) is 0 Å². The number of ether oxygens (including phenoxy) is 1. The van der Waals surface area contributed by atoms with Gasteiger partial charge in [-0.2, -0.15) is 5.10 Å². The van der Waals surface area contributed by atoms with Crippen molar-refractivity contribution in [3.8, 4) is 0 Å². The summed E-state index contributed by atoms with van der Waals surface area (Å²) in [6.07, 6.45) is 9.74. The van der Waals surface area contributed by atoms with Gasteiger partial charge in [0.1, 0.15) is 0 Å². The molecule has 0 aliphatic carbocycles. The molecule has 19 heavy (non-hydrogen) atoms. The Morgan fingerprint density at radius 3 is 3.05 bits per heavy atom. The number of nitrogens with one attached hydrogen (secondary N) is 1. The number of hydrogen-bond acceptors (Lipinski definition) is 4. The summed E-state index contributed by atoms with van der Waals surface area (Å²) in [7, 11) is 0. The SMILES string of the molecule is CCNC(c1cnn2ccncc12)C1CCOCC1. The molecule has 5 heteroatoms. The van der Waals surface area contributed by atoms with Gasteiger partial charge in [-0.15, -0.1) is 0 Å². The molecule has 1 aliphatic heterocycles. The van der Waals surface area contributed by atoms with Gasteiger partial charge in [-0.05, 0) is 25.3 Å². The molecule has 0 saturated carbocycles. The van der Waals surface area contributed by atoms with E-state index in [-0.39, 0.29) is 0 Å². The summed E-state index contributed by atoms with van der Waals surface area (Å²) >= 11 is 0. The maximum Gasteiger partial charge on any atom is 0.0892 e. The van der Waals surface area contributed by atoms with Crippen LogP contribution in [0.15, 0.2) is 24.8 Å². The number of rotatable bonds is 4. The van der Waals surface area contributed by atoms with E-state index in [1.54, 1.807) is 6.20 Å². The molecule has 5 nitrogen and oxygen atoms in total. The van der Waals surface area contributed by atoms with Crippen molar-refractivity contribution in [2.75, 3.05) is 19.8 Å². The standard InChI is InChI=1S/C14H20N4O/c1-2-16-14(11-3-7-19-8-4-11)12-9-17-18-6-5-15-10-13(12)18/h5-6,9-11,14,16H,2-4,7-8H2,1H3. The molecule has 0 amide bonds. The van der Waals surface area contributed by atoms with Crippen LogP contribution >= 0.6 is 0 Å². The highest BCUT2D eigenvalue weighted by Crippen LogP contribution is 2.31. The third-order valence-electron chi connectivity index (χ3n) is 3.85. The lowest BCUT2D eigenvalue weighted by molar-refractivity contribution is 0.0540. The quantitative estimate of drug-likeness (QED) is 0.911. The third kappa shape index (κ3) is 2.48. The molecule has 1 N–H and O–H groups in total. The van der Waals surface area contributed by atoms with Gasteiger partial charge in [0.25, 0.3) is 0 Å². The summed E-state index contributed by atoms with van der Waals surface area (Å²) in [6.45, 7) is 4.84.